The van der Waals surface area contributed by atoms with Crippen LogP contribution in [0.1, 0.15) is 33.6 Å². The van der Waals surface area contributed by atoms with Crippen LogP contribution in [0.25, 0.3) is 0 Å². The summed E-state index contributed by atoms with van der Waals surface area (Å²) in [5, 5.41) is 0.561. The Bertz CT molecular complexity index is 522. The number of hydrogen-bond acceptors (Lipinski definition) is 4. The number of nitrogens with zero attached hydrogens (tertiary/aromatic N) is 2. The summed E-state index contributed by atoms with van der Waals surface area (Å²) >= 11 is 1.49. The fraction of sp³-hybridized carbons (Fsp3) is 0.357. The Labute approximate surface area is 122 Å². The highest BCUT2D eigenvalue weighted by molar-refractivity contribution is 8.13. The van der Waals surface area contributed by atoms with E-state index < -0.39 is 0 Å². The molecular formula is C14H17N3O2S. The molecule has 0 fully saturated rings. The van der Waals surface area contributed by atoms with Crippen LogP contribution in [0.3, 0.4) is 0 Å². The van der Waals surface area contributed by atoms with Crippen molar-refractivity contribution < 1.29 is 9.59 Å². The summed E-state index contributed by atoms with van der Waals surface area (Å²) in [6, 6.07) is 6.95. The van der Waals surface area contributed by atoms with Gasteiger partial charge in [-0.3, -0.25) is 19.5 Å². The molecule has 20 heavy (non-hydrogen) atoms. The Balaban J connectivity index is 1.84. The first-order valence-corrected chi connectivity index (χ1v) is 7.44. The number of hydrogen-bond donors (Lipinski definition) is 1. The molecule has 5 nitrogen and oxygen atoms in total. The highest BCUT2D eigenvalue weighted by Crippen LogP contribution is 2.22. The monoisotopic (exact) mass is 291 g/mol. The lowest BCUT2D eigenvalue weighted by Crippen LogP contribution is -2.30. The summed E-state index contributed by atoms with van der Waals surface area (Å²) in [6.45, 7) is 0.454. The van der Waals surface area contributed by atoms with Gasteiger partial charge in [-0.05, 0) is 25.0 Å². The van der Waals surface area contributed by atoms with Gasteiger partial charge in [0.05, 0.1) is 11.1 Å². The molecule has 0 saturated heterocycles. The summed E-state index contributed by atoms with van der Waals surface area (Å²) in [5.74, 6) is 0.465. The number of aliphatic imine (C=N–C) groups is 1. The van der Waals surface area contributed by atoms with E-state index in [1.807, 2.05) is 0 Å². The molecule has 1 aromatic carbocycles. The van der Waals surface area contributed by atoms with E-state index in [-0.39, 0.29) is 11.8 Å². The third-order valence-corrected chi connectivity index (χ3v) is 4.10. The van der Waals surface area contributed by atoms with Gasteiger partial charge in [0.15, 0.2) is 5.17 Å². The molecule has 6 heteroatoms. The molecule has 0 radical (unpaired) electrons. The first kappa shape index (κ1) is 14.6. The lowest BCUT2D eigenvalue weighted by molar-refractivity contribution is 0.0652. The zero-order chi connectivity index (χ0) is 14.5. The summed E-state index contributed by atoms with van der Waals surface area (Å²) in [6.07, 6.45) is 1.66. The average molecular weight is 291 g/mol. The molecule has 0 aromatic heterocycles. The highest BCUT2D eigenvalue weighted by Gasteiger charge is 2.34. The number of carbonyl (C=O) groups excluding carboxylic acids is 2. The Morgan fingerprint density at radius 1 is 1.20 bits per heavy atom. The number of fused-ring (bicyclic) bond motifs is 1. The smallest absolute Gasteiger partial charge is 0.261 e. The number of thioether (sulfide) groups is 1. The Morgan fingerprint density at radius 3 is 2.35 bits per heavy atom. The van der Waals surface area contributed by atoms with Crippen molar-refractivity contribution >= 4 is 28.7 Å². The number of nitrogens with two attached hydrogens (primary N) is 1. The molecule has 0 saturated carbocycles. The largest absolute Gasteiger partial charge is 0.379 e. The van der Waals surface area contributed by atoms with Crippen molar-refractivity contribution in [1.82, 2.24) is 4.90 Å². The van der Waals surface area contributed by atoms with E-state index in [1.165, 1.54) is 16.7 Å². The van der Waals surface area contributed by atoms with Crippen LogP contribution in [0.4, 0.5) is 0 Å². The number of rotatable bonds is 5. The van der Waals surface area contributed by atoms with E-state index in [2.05, 4.69) is 4.99 Å². The zero-order valence-electron chi connectivity index (χ0n) is 11.3. The van der Waals surface area contributed by atoms with Gasteiger partial charge >= 0.3 is 0 Å². The Morgan fingerprint density at radius 2 is 1.80 bits per heavy atom. The number of amidine groups is 1. The zero-order valence-corrected chi connectivity index (χ0v) is 12.2. The third kappa shape index (κ3) is 3.01. The van der Waals surface area contributed by atoms with Crippen LogP contribution in [-0.4, -0.2) is 41.2 Å². The standard InChI is InChI=1S/C14H17N3O2S/c1-16-14(15)20-9-5-4-8-17-12(18)10-6-2-3-7-11(10)13(17)19/h2-3,6-7H,4-5,8-9H2,1H3,(H2,15,16). The van der Waals surface area contributed by atoms with Crippen molar-refractivity contribution in [3.05, 3.63) is 35.4 Å². The van der Waals surface area contributed by atoms with E-state index in [0.29, 0.717) is 22.8 Å². The fourth-order valence-corrected chi connectivity index (χ4v) is 2.74. The number of amides is 2. The molecule has 2 N–H and O–H groups in total. The molecule has 0 spiro atoms. The predicted molar refractivity (Wildman–Crippen MR) is 81.0 cm³/mol. The lowest BCUT2D eigenvalue weighted by Gasteiger charge is -2.13. The first-order valence-electron chi connectivity index (χ1n) is 6.45. The van der Waals surface area contributed by atoms with Gasteiger partial charge in [0.2, 0.25) is 0 Å². The number of imide groups is 1. The summed E-state index contributed by atoms with van der Waals surface area (Å²) < 4.78 is 0. The van der Waals surface area contributed by atoms with Gasteiger partial charge in [-0.15, -0.1) is 0 Å². The van der Waals surface area contributed by atoms with E-state index >= 15 is 0 Å². The summed E-state index contributed by atoms with van der Waals surface area (Å²) in [5.41, 5.74) is 6.59. The number of carbonyl (C=O) groups is 2. The molecule has 106 valence electrons. The predicted octanol–water partition coefficient (Wildman–Crippen LogP) is 1.74. The Hall–Kier alpha value is -1.82. The third-order valence-electron chi connectivity index (χ3n) is 3.12. The maximum absolute atomic E-state index is 12.1. The van der Waals surface area contributed by atoms with Crippen LogP contribution < -0.4 is 5.73 Å². The maximum atomic E-state index is 12.1. The SMILES string of the molecule is CN=C(N)SCCCCN1C(=O)c2ccccc2C1=O. The van der Waals surface area contributed by atoms with Crippen LogP contribution in [0.5, 0.6) is 0 Å². The molecule has 1 aliphatic heterocycles. The molecule has 0 atom stereocenters. The molecule has 1 heterocycles. The molecule has 1 aliphatic rings. The van der Waals surface area contributed by atoms with Crippen molar-refractivity contribution in [3.8, 4) is 0 Å². The van der Waals surface area contributed by atoms with E-state index in [9.17, 15) is 9.59 Å². The average Bonchev–Trinajstić information content (AvgIpc) is 2.71. The first-order chi connectivity index (χ1) is 9.65. The summed E-state index contributed by atoms with van der Waals surface area (Å²) in [4.78, 5) is 29.4. The molecular weight excluding hydrogens is 274 g/mol. The molecule has 2 rings (SSSR count). The second-order valence-corrected chi connectivity index (χ2v) is 5.54. The highest BCUT2D eigenvalue weighted by atomic mass is 32.2. The fourth-order valence-electron chi connectivity index (χ4n) is 2.06. The number of benzene rings is 1. The van der Waals surface area contributed by atoms with Gasteiger partial charge < -0.3 is 5.73 Å². The molecule has 1 aromatic rings. The van der Waals surface area contributed by atoms with Crippen molar-refractivity contribution in [2.24, 2.45) is 10.7 Å². The van der Waals surface area contributed by atoms with Gasteiger partial charge in [-0.1, -0.05) is 23.9 Å². The minimum atomic E-state index is -0.187. The topological polar surface area (TPSA) is 75.8 Å². The van der Waals surface area contributed by atoms with Crippen LogP contribution in [-0.2, 0) is 0 Å². The van der Waals surface area contributed by atoms with Gasteiger partial charge in [0.25, 0.3) is 11.8 Å². The maximum Gasteiger partial charge on any atom is 0.261 e. The van der Waals surface area contributed by atoms with Crippen LogP contribution in [0.2, 0.25) is 0 Å². The minimum absolute atomic E-state index is 0.187. The molecule has 0 aliphatic carbocycles. The molecule has 0 bridgehead atoms. The lowest BCUT2D eigenvalue weighted by atomic mass is 10.1. The summed E-state index contributed by atoms with van der Waals surface area (Å²) in [7, 11) is 1.65. The van der Waals surface area contributed by atoms with E-state index in [0.717, 1.165) is 18.6 Å². The molecule has 2 amide bonds. The van der Waals surface area contributed by atoms with Gasteiger partial charge in [-0.2, -0.15) is 0 Å². The van der Waals surface area contributed by atoms with E-state index in [1.54, 1.807) is 31.3 Å². The minimum Gasteiger partial charge on any atom is -0.379 e. The van der Waals surface area contributed by atoms with Crippen molar-refractivity contribution in [2.75, 3.05) is 19.3 Å². The number of unbranched alkanes of at least 4 members (excludes halogenated alkanes) is 1. The van der Waals surface area contributed by atoms with Crippen molar-refractivity contribution in [1.29, 1.82) is 0 Å². The molecule has 0 unspecified atom stereocenters. The van der Waals surface area contributed by atoms with Crippen molar-refractivity contribution in [2.45, 2.75) is 12.8 Å². The quantitative estimate of drug-likeness (QED) is 0.388. The second-order valence-electron chi connectivity index (χ2n) is 4.42. The van der Waals surface area contributed by atoms with Gasteiger partial charge in [0.1, 0.15) is 0 Å². The normalized spacial score (nSPS) is 14.8. The Kier molecular flexibility index (Phi) is 4.79. The van der Waals surface area contributed by atoms with Crippen LogP contribution >= 0.6 is 11.8 Å². The van der Waals surface area contributed by atoms with Gasteiger partial charge in [0, 0.05) is 19.3 Å². The van der Waals surface area contributed by atoms with Crippen molar-refractivity contribution in [3.63, 3.8) is 0 Å². The van der Waals surface area contributed by atoms with Crippen LogP contribution in [0, 0.1) is 0 Å². The second kappa shape index (κ2) is 6.56. The van der Waals surface area contributed by atoms with E-state index in [4.69, 9.17) is 5.73 Å². The van der Waals surface area contributed by atoms with Crippen LogP contribution in [0.15, 0.2) is 29.3 Å². The van der Waals surface area contributed by atoms with Gasteiger partial charge in [-0.25, -0.2) is 0 Å².